The first-order valence-corrected chi connectivity index (χ1v) is 12.4. The van der Waals surface area contributed by atoms with Crippen LogP contribution in [0.15, 0.2) is 74.4 Å². The lowest BCUT2D eigenvalue weighted by Crippen LogP contribution is -2.53. The summed E-state index contributed by atoms with van der Waals surface area (Å²) in [6.45, 7) is 6.27. The molecule has 1 aromatic heterocycles. The number of furan rings is 1. The van der Waals surface area contributed by atoms with Gasteiger partial charge in [0.05, 0.1) is 16.6 Å². The summed E-state index contributed by atoms with van der Waals surface area (Å²) >= 11 is 3.38. The normalized spacial score (nSPS) is 17.6. The van der Waals surface area contributed by atoms with Crippen molar-refractivity contribution < 1.29 is 13.4 Å². The summed E-state index contributed by atoms with van der Waals surface area (Å²) in [5, 5.41) is 0. The molecule has 2 aromatic carbocycles. The van der Waals surface area contributed by atoms with E-state index in [2.05, 4.69) is 58.9 Å². The molecule has 1 aliphatic heterocycles. The molecule has 2 atom stereocenters. The number of anilines is 1. The Hall–Kier alpha value is -2.38. The third-order valence-electron chi connectivity index (χ3n) is 5.47. The van der Waals surface area contributed by atoms with Gasteiger partial charge in [-0.15, -0.1) is 0 Å². The van der Waals surface area contributed by atoms with E-state index in [4.69, 9.17) is 4.42 Å². The van der Waals surface area contributed by atoms with Gasteiger partial charge in [0.1, 0.15) is 5.76 Å². The number of carbonyl (C=O) groups is 1. The molecular formula is C24H25BrN2O3S. The minimum atomic E-state index is -1.23. The number of halogens is 1. The highest BCUT2D eigenvalue weighted by Crippen LogP contribution is 2.23. The lowest BCUT2D eigenvalue weighted by atomic mass is 10.1. The van der Waals surface area contributed by atoms with Crippen molar-refractivity contribution in [3.63, 3.8) is 0 Å². The monoisotopic (exact) mass is 500 g/mol. The number of aryl methyl sites for hydroxylation is 1. The molecule has 1 fully saturated rings. The molecule has 2 heterocycles. The third kappa shape index (κ3) is 5.10. The first-order chi connectivity index (χ1) is 14.9. The van der Waals surface area contributed by atoms with Crippen LogP contribution in [0.4, 0.5) is 5.69 Å². The summed E-state index contributed by atoms with van der Waals surface area (Å²) in [5.41, 5.74) is 2.42. The smallest absolute Gasteiger partial charge is 0.289 e. The van der Waals surface area contributed by atoms with E-state index in [1.54, 1.807) is 12.1 Å². The van der Waals surface area contributed by atoms with Gasteiger partial charge in [-0.2, -0.15) is 0 Å². The quantitative estimate of drug-likeness (QED) is 0.494. The summed E-state index contributed by atoms with van der Waals surface area (Å²) in [4.78, 5) is 17.9. The summed E-state index contributed by atoms with van der Waals surface area (Å²) in [6.07, 6.45) is 0. The number of rotatable bonds is 5. The van der Waals surface area contributed by atoms with Crippen molar-refractivity contribution in [2.45, 2.75) is 30.5 Å². The molecule has 0 N–H and O–H groups in total. The highest BCUT2D eigenvalue weighted by molar-refractivity contribution is 9.10. The van der Waals surface area contributed by atoms with Crippen LogP contribution in [0, 0.1) is 6.92 Å². The van der Waals surface area contributed by atoms with Gasteiger partial charge in [0.25, 0.3) is 5.91 Å². The van der Waals surface area contributed by atoms with E-state index in [0.717, 1.165) is 15.9 Å². The summed E-state index contributed by atoms with van der Waals surface area (Å²) in [6, 6.07) is 19.5. The fourth-order valence-corrected chi connectivity index (χ4v) is 5.14. The molecule has 4 rings (SSSR count). The zero-order valence-corrected chi connectivity index (χ0v) is 20.0. The standard InChI is InChI=1S/C24H25BrN2O3S/c1-17-4-3-5-20(14-17)27-13-12-26(15-18(27)2)24(28)23-11-8-21(30-23)16-31(29)22-9-6-19(25)7-10-22/h3-11,14,18H,12-13,15-16H2,1-2H3/t18-,31-/m0/s1. The van der Waals surface area contributed by atoms with Crippen molar-refractivity contribution in [2.75, 3.05) is 24.5 Å². The summed E-state index contributed by atoms with van der Waals surface area (Å²) in [5.74, 6) is 0.985. The summed E-state index contributed by atoms with van der Waals surface area (Å²) < 4.78 is 19.3. The number of benzene rings is 2. The van der Waals surface area contributed by atoms with Gasteiger partial charge in [-0.1, -0.05) is 28.1 Å². The van der Waals surface area contributed by atoms with Gasteiger partial charge in [-0.25, -0.2) is 0 Å². The number of nitrogens with zero attached hydrogens (tertiary/aromatic N) is 2. The lowest BCUT2D eigenvalue weighted by molar-refractivity contribution is 0.0692. The van der Waals surface area contributed by atoms with Gasteiger partial charge >= 0.3 is 0 Å². The molecule has 5 nitrogen and oxygen atoms in total. The highest BCUT2D eigenvalue weighted by Gasteiger charge is 2.29. The first kappa shape index (κ1) is 21.8. The van der Waals surface area contributed by atoms with Gasteiger partial charge < -0.3 is 14.2 Å². The minimum absolute atomic E-state index is 0.114. The largest absolute Gasteiger partial charge is 0.455 e. The second kappa shape index (κ2) is 9.40. The highest BCUT2D eigenvalue weighted by atomic mass is 79.9. The Morgan fingerprint density at radius 2 is 1.90 bits per heavy atom. The molecule has 0 bridgehead atoms. The number of amides is 1. The maximum absolute atomic E-state index is 13.0. The van der Waals surface area contributed by atoms with Crippen LogP contribution in [0.25, 0.3) is 0 Å². The molecule has 0 spiro atoms. The van der Waals surface area contributed by atoms with Crippen LogP contribution in [0.5, 0.6) is 0 Å². The van der Waals surface area contributed by atoms with Crippen molar-refractivity contribution in [1.29, 1.82) is 0 Å². The molecule has 7 heteroatoms. The Morgan fingerprint density at radius 1 is 1.13 bits per heavy atom. The van der Waals surface area contributed by atoms with E-state index in [-0.39, 0.29) is 17.7 Å². The maximum Gasteiger partial charge on any atom is 0.289 e. The van der Waals surface area contributed by atoms with Crippen molar-refractivity contribution in [3.8, 4) is 0 Å². The predicted molar refractivity (Wildman–Crippen MR) is 127 cm³/mol. The van der Waals surface area contributed by atoms with Crippen LogP contribution in [0.2, 0.25) is 0 Å². The predicted octanol–water partition coefficient (Wildman–Crippen LogP) is 5.01. The second-order valence-electron chi connectivity index (χ2n) is 7.84. The minimum Gasteiger partial charge on any atom is -0.455 e. The Morgan fingerprint density at radius 3 is 2.61 bits per heavy atom. The van der Waals surface area contributed by atoms with Crippen LogP contribution in [-0.4, -0.2) is 40.7 Å². The van der Waals surface area contributed by atoms with E-state index in [9.17, 15) is 9.00 Å². The van der Waals surface area contributed by atoms with E-state index >= 15 is 0 Å². The second-order valence-corrected chi connectivity index (χ2v) is 10.2. The molecule has 0 saturated carbocycles. The van der Waals surface area contributed by atoms with Crippen LogP contribution in [0.3, 0.4) is 0 Å². The number of piperazine rings is 1. The maximum atomic E-state index is 13.0. The van der Waals surface area contributed by atoms with Crippen LogP contribution in [0.1, 0.15) is 28.8 Å². The van der Waals surface area contributed by atoms with Crippen molar-refractivity contribution in [1.82, 2.24) is 4.90 Å². The zero-order valence-electron chi connectivity index (χ0n) is 17.6. The molecule has 162 valence electrons. The molecule has 31 heavy (non-hydrogen) atoms. The lowest BCUT2D eigenvalue weighted by Gasteiger charge is -2.41. The Balaban J connectivity index is 1.39. The van der Waals surface area contributed by atoms with Crippen LogP contribution in [-0.2, 0) is 16.6 Å². The average Bonchev–Trinajstić information content (AvgIpc) is 3.22. The molecule has 3 aromatic rings. The zero-order chi connectivity index (χ0) is 22.0. The fourth-order valence-electron chi connectivity index (χ4n) is 3.86. The molecule has 0 radical (unpaired) electrons. The van der Waals surface area contributed by atoms with Crippen molar-refractivity contribution in [3.05, 3.63) is 82.2 Å². The molecule has 1 aliphatic rings. The Labute approximate surface area is 193 Å². The summed E-state index contributed by atoms with van der Waals surface area (Å²) in [7, 11) is -1.23. The van der Waals surface area contributed by atoms with Gasteiger partial charge in [0.2, 0.25) is 0 Å². The first-order valence-electron chi connectivity index (χ1n) is 10.3. The SMILES string of the molecule is Cc1cccc(N2CCN(C(=O)c3ccc(C[S@](=O)c4ccc(Br)cc4)o3)C[C@@H]2C)c1. The number of hydrogen-bond acceptors (Lipinski definition) is 4. The molecule has 0 unspecified atom stereocenters. The Kier molecular flexibility index (Phi) is 6.62. The van der Waals surface area contributed by atoms with E-state index in [0.29, 0.717) is 24.6 Å². The number of hydrogen-bond donors (Lipinski definition) is 0. The van der Waals surface area contributed by atoms with Crippen molar-refractivity contribution >= 4 is 38.3 Å². The molecule has 1 amide bonds. The van der Waals surface area contributed by atoms with E-state index in [1.807, 2.05) is 29.2 Å². The molecular weight excluding hydrogens is 476 g/mol. The fraction of sp³-hybridized carbons (Fsp3) is 0.292. The average molecular weight is 501 g/mol. The van der Waals surface area contributed by atoms with E-state index in [1.165, 1.54) is 11.3 Å². The number of carbonyl (C=O) groups excluding carboxylic acids is 1. The molecule has 1 saturated heterocycles. The van der Waals surface area contributed by atoms with Crippen LogP contribution >= 0.6 is 15.9 Å². The van der Waals surface area contributed by atoms with Gasteiger partial charge in [-0.3, -0.25) is 9.00 Å². The van der Waals surface area contributed by atoms with Gasteiger partial charge in [0, 0.05) is 40.7 Å². The van der Waals surface area contributed by atoms with Crippen molar-refractivity contribution in [2.24, 2.45) is 0 Å². The topological polar surface area (TPSA) is 53.8 Å². The van der Waals surface area contributed by atoms with Gasteiger partial charge in [-0.05, 0) is 67.9 Å². The third-order valence-corrected chi connectivity index (χ3v) is 7.34. The molecule has 0 aliphatic carbocycles. The van der Waals surface area contributed by atoms with E-state index < -0.39 is 10.8 Å². The van der Waals surface area contributed by atoms with Crippen LogP contribution < -0.4 is 4.90 Å². The van der Waals surface area contributed by atoms with Gasteiger partial charge in [0.15, 0.2) is 5.76 Å². The Bertz CT molecular complexity index is 1100.